The zero-order valence-corrected chi connectivity index (χ0v) is 9.66. The highest BCUT2D eigenvalue weighted by Crippen LogP contribution is 2.46. The maximum absolute atomic E-state index is 11.7. The van der Waals surface area contributed by atoms with Gasteiger partial charge in [-0.3, -0.25) is 9.59 Å². The Kier molecular flexibility index (Phi) is 2.91. The third-order valence-electron chi connectivity index (χ3n) is 4.16. The van der Waals surface area contributed by atoms with Gasteiger partial charge in [0.2, 0.25) is 5.91 Å². The Morgan fingerprint density at radius 2 is 2.06 bits per heavy atom. The fraction of sp³-hybridized carbons (Fsp3) is 0.833. The first-order valence-corrected chi connectivity index (χ1v) is 6.08. The predicted octanol–water partition coefficient (Wildman–Crippen LogP) is 1.40. The molecule has 0 bridgehead atoms. The van der Waals surface area contributed by atoms with Crippen molar-refractivity contribution in [1.82, 2.24) is 5.32 Å². The molecule has 0 aromatic heterocycles. The Hall–Kier alpha value is -1.06. The molecule has 0 heterocycles. The van der Waals surface area contributed by atoms with E-state index in [0.717, 1.165) is 6.42 Å². The van der Waals surface area contributed by atoms with Crippen molar-refractivity contribution in [2.75, 3.05) is 6.54 Å². The van der Waals surface area contributed by atoms with Gasteiger partial charge in [0.1, 0.15) is 5.41 Å². The molecule has 0 aliphatic heterocycles. The maximum Gasteiger partial charge on any atom is 0.319 e. The smallest absolute Gasteiger partial charge is 0.319 e. The fourth-order valence-corrected chi connectivity index (χ4v) is 2.58. The molecule has 16 heavy (non-hydrogen) atoms. The zero-order valence-electron chi connectivity index (χ0n) is 9.66. The number of carboxylic acids is 1. The minimum atomic E-state index is -1.08. The number of carboxylic acid groups (broad SMARTS) is 1. The first-order valence-electron chi connectivity index (χ1n) is 6.08. The molecule has 2 unspecified atom stereocenters. The molecule has 0 aromatic rings. The van der Waals surface area contributed by atoms with Crippen molar-refractivity contribution in [1.29, 1.82) is 0 Å². The van der Waals surface area contributed by atoms with Crippen LogP contribution >= 0.6 is 0 Å². The van der Waals surface area contributed by atoms with Crippen LogP contribution in [-0.2, 0) is 9.59 Å². The van der Waals surface area contributed by atoms with Crippen molar-refractivity contribution in [3.8, 4) is 0 Å². The SMILES string of the molecule is CC1CCCC1CNC(=O)C1(C(=O)O)CC1. The van der Waals surface area contributed by atoms with Crippen molar-refractivity contribution in [3.63, 3.8) is 0 Å². The van der Waals surface area contributed by atoms with Gasteiger partial charge in [-0.1, -0.05) is 19.8 Å². The summed E-state index contributed by atoms with van der Waals surface area (Å²) in [6.07, 6.45) is 4.60. The van der Waals surface area contributed by atoms with E-state index < -0.39 is 11.4 Å². The van der Waals surface area contributed by atoms with E-state index in [1.54, 1.807) is 0 Å². The summed E-state index contributed by atoms with van der Waals surface area (Å²) in [5.74, 6) is -0.0580. The molecule has 2 rings (SSSR count). The lowest BCUT2D eigenvalue weighted by molar-refractivity contribution is -0.149. The van der Waals surface area contributed by atoms with E-state index in [9.17, 15) is 9.59 Å². The highest BCUT2D eigenvalue weighted by molar-refractivity contribution is 6.04. The van der Waals surface area contributed by atoms with Gasteiger partial charge in [0.05, 0.1) is 0 Å². The van der Waals surface area contributed by atoms with Gasteiger partial charge in [-0.15, -0.1) is 0 Å². The Morgan fingerprint density at radius 3 is 2.50 bits per heavy atom. The molecule has 0 aromatic carbocycles. The van der Waals surface area contributed by atoms with Gasteiger partial charge in [0, 0.05) is 6.54 Å². The predicted molar refractivity (Wildman–Crippen MR) is 58.8 cm³/mol. The lowest BCUT2D eigenvalue weighted by Crippen LogP contribution is -2.39. The van der Waals surface area contributed by atoms with Crippen molar-refractivity contribution < 1.29 is 14.7 Å². The van der Waals surface area contributed by atoms with Gasteiger partial charge in [-0.25, -0.2) is 0 Å². The molecule has 1 amide bonds. The minimum absolute atomic E-state index is 0.279. The summed E-state index contributed by atoms with van der Waals surface area (Å²) in [4.78, 5) is 22.7. The number of nitrogens with one attached hydrogen (secondary N) is 1. The molecule has 90 valence electrons. The number of hydrogen-bond acceptors (Lipinski definition) is 2. The number of carbonyl (C=O) groups is 2. The summed E-state index contributed by atoms with van der Waals surface area (Å²) in [5.41, 5.74) is -1.08. The average molecular weight is 225 g/mol. The van der Waals surface area contributed by atoms with Gasteiger partial charge >= 0.3 is 5.97 Å². The van der Waals surface area contributed by atoms with Crippen LogP contribution in [-0.4, -0.2) is 23.5 Å². The Bertz CT molecular complexity index is 309. The van der Waals surface area contributed by atoms with E-state index in [-0.39, 0.29) is 5.91 Å². The van der Waals surface area contributed by atoms with E-state index in [1.807, 2.05) is 0 Å². The van der Waals surface area contributed by atoms with E-state index in [2.05, 4.69) is 12.2 Å². The summed E-state index contributed by atoms with van der Waals surface area (Å²) in [6, 6.07) is 0. The molecule has 0 saturated heterocycles. The molecule has 2 aliphatic carbocycles. The van der Waals surface area contributed by atoms with E-state index in [1.165, 1.54) is 12.8 Å². The lowest BCUT2D eigenvalue weighted by atomic mass is 9.97. The standard InChI is InChI=1S/C12H19NO3/c1-8-3-2-4-9(8)7-13-10(14)12(5-6-12)11(15)16/h8-9H,2-7H2,1H3,(H,13,14)(H,15,16). The molecule has 4 heteroatoms. The number of rotatable bonds is 4. The number of carbonyl (C=O) groups excluding carboxylic acids is 1. The van der Waals surface area contributed by atoms with E-state index in [4.69, 9.17) is 5.11 Å². The summed E-state index contributed by atoms with van der Waals surface area (Å²) >= 11 is 0. The topological polar surface area (TPSA) is 66.4 Å². The summed E-state index contributed by atoms with van der Waals surface area (Å²) < 4.78 is 0. The van der Waals surface area contributed by atoms with Crippen LogP contribution in [0, 0.1) is 17.3 Å². The molecule has 0 radical (unpaired) electrons. The summed E-state index contributed by atoms with van der Waals surface area (Å²) in [5, 5.41) is 11.8. The van der Waals surface area contributed by atoms with Crippen LogP contribution in [0.15, 0.2) is 0 Å². The number of hydrogen-bond donors (Lipinski definition) is 2. The first kappa shape index (κ1) is 11.4. The molecule has 2 N–H and O–H groups in total. The molecule has 0 spiro atoms. The molecular weight excluding hydrogens is 206 g/mol. The monoisotopic (exact) mass is 225 g/mol. The van der Waals surface area contributed by atoms with Crippen LogP contribution in [0.25, 0.3) is 0 Å². The highest BCUT2D eigenvalue weighted by atomic mass is 16.4. The fourth-order valence-electron chi connectivity index (χ4n) is 2.58. The van der Waals surface area contributed by atoms with Gasteiger partial charge in [-0.2, -0.15) is 0 Å². The molecule has 4 nitrogen and oxygen atoms in total. The molecule has 2 atom stereocenters. The van der Waals surface area contributed by atoms with Gasteiger partial charge < -0.3 is 10.4 Å². The second-order valence-corrected chi connectivity index (χ2v) is 5.27. The van der Waals surface area contributed by atoms with E-state index >= 15 is 0 Å². The Labute approximate surface area is 95.4 Å². The lowest BCUT2D eigenvalue weighted by Gasteiger charge is -2.17. The highest BCUT2D eigenvalue weighted by Gasteiger charge is 2.57. The van der Waals surface area contributed by atoms with Gasteiger partial charge in [0.15, 0.2) is 0 Å². The van der Waals surface area contributed by atoms with Crippen LogP contribution in [0.5, 0.6) is 0 Å². The normalized spacial score (nSPS) is 31.1. The van der Waals surface area contributed by atoms with Gasteiger partial charge in [0.25, 0.3) is 0 Å². The molecular formula is C12H19NO3. The van der Waals surface area contributed by atoms with Gasteiger partial charge in [-0.05, 0) is 31.1 Å². The van der Waals surface area contributed by atoms with Crippen molar-refractivity contribution in [2.45, 2.75) is 39.0 Å². The average Bonchev–Trinajstić information content (AvgIpc) is 2.95. The molecule has 2 fully saturated rings. The van der Waals surface area contributed by atoms with Crippen molar-refractivity contribution in [2.24, 2.45) is 17.3 Å². The van der Waals surface area contributed by atoms with Crippen LogP contribution in [0.4, 0.5) is 0 Å². The van der Waals surface area contributed by atoms with Crippen LogP contribution in [0.2, 0.25) is 0 Å². The first-order chi connectivity index (χ1) is 7.56. The zero-order chi connectivity index (χ0) is 11.8. The third-order valence-corrected chi connectivity index (χ3v) is 4.16. The second kappa shape index (κ2) is 4.07. The largest absolute Gasteiger partial charge is 0.480 e. The number of amides is 1. The van der Waals surface area contributed by atoms with Crippen LogP contribution in [0.1, 0.15) is 39.0 Å². The van der Waals surface area contributed by atoms with Crippen molar-refractivity contribution >= 4 is 11.9 Å². The minimum Gasteiger partial charge on any atom is -0.480 e. The summed E-state index contributed by atoms with van der Waals surface area (Å²) in [6.45, 7) is 2.85. The Balaban J connectivity index is 1.82. The quantitative estimate of drug-likeness (QED) is 0.711. The summed E-state index contributed by atoms with van der Waals surface area (Å²) in [7, 11) is 0. The second-order valence-electron chi connectivity index (χ2n) is 5.27. The van der Waals surface area contributed by atoms with Crippen LogP contribution < -0.4 is 5.32 Å². The van der Waals surface area contributed by atoms with E-state index in [0.29, 0.717) is 31.2 Å². The number of aliphatic carboxylic acids is 1. The Morgan fingerprint density at radius 1 is 1.38 bits per heavy atom. The van der Waals surface area contributed by atoms with Crippen LogP contribution in [0.3, 0.4) is 0 Å². The van der Waals surface area contributed by atoms with Crippen molar-refractivity contribution in [3.05, 3.63) is 0 Å². The maximum atomic E-state index is 11.7. The molecule has 2 saturated carbocycles. The molecule has 2 aliphatic rings. The third kappa shape index (κ3) is 1.93.